The molecule has 0 aromatic carbocycles. The predicted molar refractivity (Wildman–Crippen MR) is 67.7 cm³/mol. The highest BCUT2D eigenvalue weighted by Crippen LogP contribution is 2.14. The van der Waals surface area contributed by atoms with Crippen molar-refractivity contribution in [3.05, 3.63) is 52.0 Å². The number of aromatic nitrogens is 3. The van der Waals surface area contributed by atoms with E-state index in [1.165, 1.54) is 10.8 Å². The lowest BCUT2D eigenvalue weighted by molar-refractivity contribution is 0.0969. The van der Waals surface area contributed by atoms with Gasteiger partial charge in [-0.2, -0.15) is 0 Å². The van der Waals surface area contributed by atoms with E-state index in [0.717, 1.165) is 11.4 Å². The van der Waals surface area contributed by atoms with Gasteiger partial charge in [-0.15, -0.1) is 0 Å². The Balaban J connectivity index is 2.31. The summed E-state index contributed by atoms with van der Waals surface area (Å²) in [6.45, 7) is 3.86. The molecular formula is C13H15N3O2. The van der Waals surface area contributed by atoms with Crippen molar-refractivity contribution >= 4 is 5.78 Å². The first-order valence-electron chi connectivity index (χ1n) is 5.68. The van der Waals surface area contributed by atoms with Gasteiger partial charge in [0.1, 0.15) is 0 Å². The van der Waals surface area contributed by atoms with Crippen LogP contribution in [0.5, 0.6) is 0 Å². The summed E-state index contributed by atoms with van der Waals surface area (Å²) >= 11 is 0. The molecule has 0 aliphatic heterocycles. The number of carbonyl (C=O) groups excluding carboxylic acids is 1. The van der Waals surface area contributed by atoms with Gasteiger partial charge in [0.2, 0.25) is 0 Å². The van der Waals surface area contributed by atoms with Crippen LogP contribution in [0.3, 0.4) is 0 Å². The maximum Gasteiger partial charge on any atom is 0.347 e. The third kappa shape index (κ3) is 2.11. The van der Waals surface area contributed by atoms with E-state index in [2.05, 4.69) is 4.98 Å². The van der Waals surface area contributed by atoms with Crippen LogP contribution in [0.2, 0.25) is 0 Å². The lowest BCUT2D eigenvalue weighted by Gasteiger charge is -2.04. The average Bonchev–Trinajstić information content (AvgIpc) is 2.60. The Hall–Kier alpha value is -2.17. The van der Waals surface area contributed by atoms with Crippen molar-refractivity contribution in [1.29, 1.82) is 0 Å². The van der Waals surface area contributed by atoms with E-state index in [9.17, 15) is 9.59 Å². The lowest BCUT2D eigenvalue weighted by atomic mass is 10.1. The van der Waals surface area contributed by atoms with Crippen molar-refractivity contribution in [2.75, 3.05) is 0 Å². The Morgan fingerprint density at radius 3 is 2.67 bits per heavy atom. The summed E-state index contributed by atoms with van der Waals surface area (Å²) in [6.07, 6.45) is 2.99. The number of rotatable bonds is 3. The van der Waals surface area contributed by atoms with Crippen molar-refractivity contribution in [1.82, 2.24) is 14.1 Å². The van der Waals surface area contributed by atoms with Crippen molar-refractivity contribution < 1.29 is 4.79 Å². The topological polar surface area (TPSA) is 56.9 Å². The van der Waals surface area contributed by atoms with E-state index in [1.54, 1.807) is 12.3 Å². The van der Waals surface area contributed by atoms with Crippen LogP contribution in [-0.2, 0) is 13.6 Å². The van der Waals surface area contributed by atoms with Crippen LogP contribution < -0.4 is 5.69 Å². The molecule has 18 heavy (non-hydrogen) atoms. The summed E-state index contributed by atoms with van der Waals surface area (Å²) in [5.74, 6) is -0.0775. The number of nitrogens with zero attached hydrogens (tertiary/aromatic N) is 3. The number of Topliss-reactive ketones (excluding diaryl/α,β-unsaturated/α-hetero) is 1. The molecule has 0 saturated heterocycles. The molecule has 94 valence electrons. The fourth-order valence-electron chi connectivity index (χ4n) is 1.88. The van der Waals surface area contributed by atoms with Crippen molar-refractivity contribution in [3.8, 4) is 0 Å². The number of hydrogen-bond donors (Lipinski definition) is 0. The van der Waals surface area contributed by atoms with Crippen LogP contribution in [0.4, 0.5) is 0 Å². The molecule has 0 radical (unpaired) electrons. The number of aryl methyl sites for hydroxylation is 1. The van der Waals surface area contributed by atoms with Gasteiger partial charge in [-0.05, 0) is 26.0 Å². The molecule has 2 rings (SSSR count). The zero-order valence-electron chi connectivity index (χ0n) is 10.7. The van der Waals surface area contributed by atoms with Crippen LogP contribution in [0, 0.1) is 13.8 Å². The van der Waals surface area contributed by atoms with Gasteiger partial charge in [0, 0.05) is 36.4 Å². The first kappa shape index (κ1) is 12.3. The smallest absolute Gasteiger partial charge is 0.347 e. The van der Waals surface area contributed by atoms with Gasteiger partial charge in [-0.3, -0.25) is 9.36 Å². The van der Waals surface area contributed by atoms with Gasteiger partial charge in [-0.1, -0.05) is 0 Å². The molecule has 0 N–H and O–H groups in total. The molecule has 0 amide bonds. The quantitative estimate of drug-likeness (QED) is 0.760. The second-order valence-electron chi connectivity index (χ2n) is 4.30. The van der Waals surface area contributed by atoms with E-state index in [4.69, 9.17) is 0 Å². The first-order chi connectivity index (χ1) is 8.50. The highest BCUT2D eigenvalue weighted by molar-refractivity contribution is 5.97. The lowest BCUT2D eigenvalue weighted by Crippen LogP contribution is -2.25. The molecule has 0 aliphatic rings. The summed E-state index contributed by atoms with van der Waals surface area (Å²) in [5, 5.41) is 0. The van der Waals surface area contributed by atoms with Gasteiger partial charge in [-0.25, -0.2) is 9.78 Å². The third-order valence-corrected chi connectivity index (χ3v) is 3.17. The van der Waals surface area contributed by atoms with Gasteiger partial charge in [0.25, 0.3) is 0 Å². The predicted octanol–water partition coefficient (Wildman–Crippen LogP) is 1.08. The van der Waals surface area contributed by atoms with E-state index in [-0.39, 0.29) is 12.3 Å². The average molecular weight is 245 g/mol. The number of carbonyl (C=O) groups is 1. The van der Waals surface area contributed by atoms with Crippen LogP contribution >= 0.6 is 0 Å². The van der Waals surface area contributed by atoms with Crippen LogP contribution in [0.1, 0.15) is 21.7 Å². The molecule has 0 bridgehead atoms. The standard InChI is InChI=1S/C13H15N3O2/c1-9-7-11(10(2)15(9)3)12(17)8-16-6-4-5-14-13(16)18/h4-7H,8H2,1-3H3. The molecule has 5 heteroatoms. The minimum Gasteiger partial charge on any atom is -0.351 e. The highest BCUT2D eigenvalue weighted by Gasteiger charge is 2.14. The Bertz CT molecular complexity index is 652. The molecule has 5 nitrogen and oxygen atoms in total. The molecule has 0 spiro atoms. The van der Waals surface area contributed by atoms with E-state index < -0.39 is 5.69 Å². The molecule has 0 unspecified atom stereocenters. The van der Waals surface area contributed by atoms with Gasteiger partial charge < -0.3 is 4.57 Å². The summed E-state index contributed by atoms with van der Waals surface area (Å²) in [6, 6.07) is 3.48. The zero-order chi connectivity index (χ0) is 13.3. The maximum atomic E-state index is 12.2. The molecule has 0 saturated carbocycles. The Morgan fingerprint density at radius 1 is 1.39 bits per heavy atom. The minimum atomic E-state index is -0.406. The van der Waals surface area contributed by atoms with E-state index >= 15 is 0 Å². The largest absolute Gasteiger partial charge is 0.351 e. The molecule has 0 fully saturated rings. The molecule has 0 atom stereocenters. The molecule has 2 aromatic rings. The highest BCUT2D eigenvalue weighted by atomic mass is 16.2. The van der Waals surface area contributed by atoms with E-state index in [0.29, 0.717) is 5.56 Å². The summed E-state index contributed by atoms with van der Waals surface area (Å²) in [5.41, 5.74) is 2.19. The minimum absolute atomic E-state index is 0.0248. The van der Waals surface area contributed by atoms with Crippen LogP contribution in [0.15, 0.2) is 29.3 Å². The SMILES string of the molecule is Cc1cc(C(=O)Cn2cccnc2=O)c(C)n1C. The monoisotopic (exact) mass is 245 g/mol. The molecule has 2 heterocycles. The van der Waals surface area contributed by atoms with Gasteiger partial charge in [0.05, 0.1) is 6.54 Å². The third-order valence-electron chi connectivity index (χ3n) is 3.17. The number of hydrogen-bond acceptors (Lipinski definition) is 3. The molecular weight excluding hydrogens is 230 g/mol. The second-order valence-corrected chi connectivity index (χ2v) is 4.30. The first-order valence-corrected chi connectivity index (χ1v) is 5.68. The Kier molecular flexibility index (Phi) is 3.14. The number of ketones is 1. The fraction of sp³-hybridized carbons (Fsp3) is 0.308. The van der Waals surface area contributed by atoms with E-state index in [1.807, 2.05) is 31.5 Å². The Morgan fingerprint density at radius 2 is 2.11 bits per heavy atom. The summed E-state index contributed by atoms with van der Waals surface area (Å²) in [7, 11) is 1.91. The summed E-state index contributed by atoms with van der Waals surface area (Å²) < 4.78 is 3.27. The maximum absolute atomic E-state index is 12.2. The molecule has 2 aromatic heterocycles. The van der Waals surface area contributed by atoms with Crippen molar-refractivity contribution in [3.63, 3.8) is 0 Å². The fourth-order valence-corrected chi connectivity index (χ4v) is 1.88. The van der Waals surface area contributed by atoms with Gasteiger partial charge >= 0.3 is 5.69 Å². The van der Waals surface area contributed by atoms with Crippen molar-refractivity contribution in [2.24, 2.45) is 7.05 Å². The van der Waals surface area contributed by atoms with Gasteiger partial charge in [0.15, 0.2) is 5.78 Å². The van der Waals surface area contributed by atoms with Crippen LogP contribution in [0.25, 0.3) is 0 Å². The van der Waals surface area contributed by atoms with Crippen molar-refractivity contribution in [2.45, 2.75) is 20.4 Å². The Labute approximate surface area is 105 Å². The normalized spacial score (nSPS) is 10.6. The van der Waals surface area contributed by atoms with Crippen LogP contribution in [-0.4, -0.2) is 19.9 Å². The second kappa shape index (κ2) is 4.60. The molecule has 0 aliphatic carbocycles. The summed E-state index contributed by atoms with van der Waals surface area (Å²) in [4.78, 5) is 27.2. The zero-order valence-corrected chi connectivity index (χ0v) is 10.7.